The number of methoxy groups -OCH3 is 1. The highest BCUT2D eigenvalue weighted by Crippen LogP contribution is 2.39. The molecule has 3 aromatic carbocycles. The largest absolute Gasteiger partial charge is 0.457 e. The Kier molecular flexibility index (Phi) is 14.7. The molecule has 318 valence electrons. The molecule has 5 N–H and O–H groups in total. The molecule has 4 aromatic rings. The highest BCUT2D eigenvalue weighted by Gasteiger charge is 2.43. The number of esters is 1. The van der Waals surface area contributed by atoms with Gasteiger partial charge in [-0.05, 0) is 75.1 Å². The molecule has 1 aliphatic heterocycles. The van der Waals surface area contributed by atoms with Crippen LogP contribution in [0, 0.1) is 11.8 Å². The predicted octanol–water partition coefficient (Wildman–Crippen LogP) is 5.03. The summed E-state index contributed by atoms with van der Waals surface area (Å²) in [5.41, 5.74) is 7.24. The SMILES string of the molecule is CO[C@@H](C(=O)O[C@H](CN1C[C@H]2CCCC[C@H]2C[C@H]1C(=O)NC(C)(C)C)[C@H](Cc1ccccc1)NC(=O)[C@H](CC(N)=O)NC(=O)c1ccc2ccccc2n1)c1ccccc1. The van der Waals surface area contributed by atoms with Crippen molar-refractivity contribution in [3.05, 3.63) is 114 Å². The zero-order valence-corrected chi connectivity index (χ0v) is 35.0. The topological polar surface area (TPSA) is 182 Å². The van der Waals surface area contributed by atoms with Gasteiger partial charge in [-0.15, -0.1) is 0 Å². The number of piperidine rings is 1. The highest BCUT2D eigenvalue weighted by atomic mass is 16.6. The van der Waals surface area contributed by atoms with Crippen LogP contribution in [0.2, 0.25) is 0 Å². The molecule has 1 aliphatic carbocycles. The lowest BCUT2D eigenvalue weighted by Crippen LogP contribution is -2.61. The number of rotatable bonds is 16. The summed E-state index contributed by atoms with van der Waals surface area (Å²) in [6.45, 7) is 6.56. The number of primary amides is 1. The molecule has 13 heteroatoms. The van der Waals surface area contributed by atoms with Gasteiger partial charge in [0.25, 0.3) is 5.91 Å². The third-order valence-electron chi connectivity index (χ3n) is 11.5. The molecule has 2 heterocycles. The number of pyridine rings is 1. The molecular formula is C47H58N6O7. The number of nitrogens with one attached hydrogen (secondary N) is 3. The number of para-hydroxylation sites is 1. The number of nitrogens with two attached hydrogens (primary N) is 1. The molecular weight excluding hydrogens is 761 g/mol. The molecule has 0 bridgehead atoms. The summed E-state index contributed by atoms with van der Waals surface area (Å²) in [5.74, 6) is -2.22. The van der Waals surface area contributed by atoms with E-state index in [-0.39, 0.29) is 24.6 Å². The van der Waals surface area contributed by atoms with Crippen molar-refractivity contribution in [2.75, 3.05) is 20.2 Å². The number of amides is 4. The van der Waals surface area contributed by atoms with Gasteiger partial charge in [-0.2, -0.15) is 0 Å². The summed E-state index contributed by atoms with van der Waals surface area (Å²) in [4.78, 5) is 75.5. The number of ether oxygens (including phenoxy) is 2. The van der Waals surface area contributed by atoms with Crippen LogP contribution in [0.4, 0.5) is 0 Å². The summed E-state index contributed by atoms with van der Waals surface area (Å²) in [6.07, 6.45) is 2.56. The van der Waals surface area contributed by atoms with Gasteiger partial charge in [-0.25, -0.2) is 9.78 Å². The average molecular weight is 819 g/mol. The summed E-state index contributed by atoms with van der Waals surface area (Å²) < 4.78 is 12.2. The molecule has 60 heavy (non-hydrogen) atoms. The normalized spacial score (nSPS) is 20.1. The van der Waals surface area contributed by atoms with Crippen LogP contribution in [0.1, 0.15) is 87.0 Å². The number of aromatic nitrogens is 1. The first-order valence-electron chi connectivity index (χ1n) is 20.9. The standard InChI is InChI=1S/C47H58N6O7/c1-47(2,3)52-45(57)39-26-33-20-11-12-21-34(33)28-53(39)29-40(60-46(58)42(59-4)32-18-9-6-10-19-32)37(25-30-15-7-5-8-16-30)50-44(56)38(27-41(48)54)51-43(55)36-24-23-31-17-13-14-22-35(31)49-36/h5-10,13-19,22-24,33-34,37-40,42H,11-12,20-21,25-29H2,1-4H3,(H2,48,54)(H,50,56)(H,51,55)(H,52,57)/t33-,34+,37-,38-,39-,40+,42+/m0/s1. The van der Waals surface area contributed by atoms with Gasteiger partial charge in [0.2, 0.25) is 17.7 Å². The molecule has 4 amide bonds. The van der Waals surface area contributed by atoms with Crippen LogP contribution in [-0.2, 0) is 35.1 Å². The van der Waals surface area contributed by atoms with Crippen molar-refractivity contribution in [3.8, 4) is 0 Å². The van der Waals surface area contributed by atoms with E-state index in [2.05, 4.69) is 25.8 Å². The number of hydrogen-bond acceptors (Lipinski definition) is 9. The Morgan fingerprint density at radius 1 is 0.850 bits per heavy atom. The van der Waals surface area contributed by atoms with Gasteiger partial charge in [-0.3, -0.25) is 24.1 Å². The summed E-state index contributed by atoms with van der Waals surface area (Å²) in [6, 6.07) is 26.2. The average Bonchev–Trinajstić information content (AvgIpc) is 3.22. The van der Waals surface area contributed by atoms with Crippen molar-refractivity contribution >= 4 is 40.5 Å². The maximum absolute atomic E-state index is 14.5. The highest BCUT2D eigenvalue weighted by molar-refractivity contribution is 5.99. The Balaban J connectivity index is 1.35. The van der Waals surface area contributed by atoms with Crippen LogP contribution in [0.25, 0.3) is 10.9 Å². The Hall–Kier alpha value is -5.66. The zero-order chi connectivity index (χ0) is 42.8. The molecule has 6 rings (SSSR count). The Bertz CT molecular complexity index is 2110. The van der Waals surface area contributed by atoms with Crippen molar-refractivity contribution in [1.82, 2.24) is 25.8 Å². The van der Waals surface area contributed by atoms with E-state index in [1.165, 1.54) is 7.11 Å². The zero-order valence-electron chi connectivity index (χ0n) is 35.0. The first kappa shape index (κ1) is 43.9. The fourth-order valence-corrected chi connectivity index (χ4v) is 8.57. The smallest absolute Gasteiger partial charge is 0.340 e. The van der Waals surface area contributed by atoms with E-state index in [4.69, 9.17) is 15.2 Å². The van der Waals surface area contributed by atoms with Crippen LogP contribution in [0.15, 0.2) is 97.1 Å². The molecule has 1 saturated carbocycles. The minimum Gasteiger partial charge on any atom is -0.457 e. The van der Waals surface area contributed by atoms with Crippen LogP contribution >= 0.6 is 0 Å². The van der Waals surface area contributed by atoms with Gasteiger partial charge < -0.3 is 31.2 Å². The van der Waals surface area contributed by atoms with Gasteiger partial charge in [0.05, 0.1) is 24.0 Å². The Labute approximate surface area is 352 Å². The fourth-order valence-electron chi connectivity index (χ4n) is 8.57. The third kappa shape index (κ3) is 11.8. The van der Waals surface area contributed by atoms with E-state index in [9.17, 15) is 24.0 Å². The lowest BCUT2D eigenvalue weighted by atomic mass is 9.72. The number of benzene rings is 3. The number of nitrogens with zero attached hydrogens (tertiary/aromatic N) is 2. The van der Waals surface area contributed by atoms with Crippen molar-refractivity contribution < 1.29 is 33.4 Å². The fraction of sp³-hybridized carbons (Fsp3) is 0.447. The van der Waals surface area contributed by atoms with Crippen LogP contribution in [-0.4, -0.2) is 89.4 Å². The number of carbonyl (C=O) groups excluding carboxylic acids is 5. The number of likely N-dealkylation sites (tertiary alicyclic amines) is 1. The first-order valence-corrected chi connectivity index (χ1v) is 20.9. The van der Waals surface area contributed by atoms with Crippen LogP contribution in [0.5, 0.6) is 0 Å². The molecule has 2 fully saturated rings. The van der Waals surface area contributed by atoms with Crippen molar-refractivity contribution in [2.24, 2.45) is 17.6 Å². The van der Waals surface area contributed by atoms with Gasteiger partial charge in [0.1, 0.15) is 17.8 Å². The van der Waals surface area contributed by atoms with Gasteiger partial charge in [0, 0.05) is 31.1 Å². The monoisotopic (exact) mass is 818 g/mol. The number of fused-ring (bicyclic) bond motifs is 2. The molecule has 0 spiro atoms. The summed E-state index contributed by atoms with van der Waals surface area (Å²) >= 11 is 0. The van der Waals surface area contributed by atoms with E-state index in [0.29, 0.717) is 35.9 Å². The Morgan fingerprint density at radius 3 is 2.20 bits per heavy atom. The molecule has 1 saturated heterocycles. The van der Waals surface area contributed by atoms with Crippen LogP contribution in [0.3, 0.4) is 0 Å². The molecule has 13 nitrogen and oxygen atoms in total. The Morgan fingerprint density at radius 2 is 1.52 bits per heavy atom. The van der Waals surface area contributed by atoms with E-state index in [1.54, 1.807) is 42.5 Å². The number of hydrogen-bond donors (Lipinski definition) is 4. The predicted molar refractivity (Wildman–Crippen MR) is 228 cm³/mol. The lowest BCUT2D eigenvalue weighted by molar-refractivity contribution is -0.166. The first-order chi connectivity index (χ1) is 28.8. The second-order valence-corrected chi connectivity index (χ2v) is 17.1. The van der Waals surface area contributed by atoms with E-state index >= 15 is 0 Å². The van der Waals surface area contributed by atoms with Crippen molar-refractivity contribution in [2.45, 2.75) is 102 Å². The third-order valence-corrected chi connectivity index (χ3v) is 11.5. The molecule has 2 aliphatic rings. The van der Waals surface area contributed by atoms with Gasteiger partial charge >= 0.3 is 5.97 Å². The molecule has 0 unspecified atom stereocenters. The van der Waals surface area contributed by atoms with E-state index < -0.39 is 66.0 Å². The molecule has 0 radical (unpaired) electrons. The van der Waals surface area contributed by atoms with Gasteiger partial charge in [-0.1, -0.05) is 104 Å². The van der Waals surface area contributed by atoms with E-state index in [0.717, 1.165) is 36.6 Å². The van der Waals surface area contributed by atoms with E-state index in [1.807, 2.05) is 75.4 Å². The lowest BCUT2D eigenvalue weighted by Gasteiger charge is -2.47. The second kappa shape index (κ2) is 20.1. The quantitative estimate of drug-likeness (QED) is 0.113. The maximum Gasteiger partial charge on any atom is 0.340 e. The minimum atomic E-state index is -1.39. The van der Waals surface area contributed by atoms with Crippen molar-refractivity contribution in [3.63, 3.8) is 0 Å². The molecule has 7 atom stereocenters. The van der Waals surface area contributed by atoms with Crippen LogP contribution < -0.4 is 21.7 Å². The number of carbonyl (C=O) groups is 5. The van der Waals surface area contributed by atoms with Gasteiger partial charge in [0.15, 0.2) is 6.10 Å². The minimum absolute atomic E-state index is 0.0563. The van der Waals surface area contributed by atoms with Crippen molar-refractivity contribution in [1.29, 1.82) is 0 Å². The molecule has 1 aromatic heterocycles. The maximum atomic E-state index is 14.5. The second-order valence-electron chi connectivity index (χ2n) is 17.1. The summed E-state index contributed by atoms with van der Waals surface area (Å²) in [5, 5.41) is 9.76. The summed E-state index contributed by atoms with van der Waals surface area (Å²) in [7, 11) is 1.43.